The van der Waals surface area contributed by atoms with Gasteiger partial charge in [0.2, 0.25) is 0 Å². The highest BCUT2D eigenvalue weighted by Crippen LogP contribution is 2.31. The molecule has 1 amide bonds. The fourth-order valence-corrected chi connectivity index (χ4v) is 4.26. The van der Waals surface area contributed by atoms with Gasteiger partial charge in [0.15, 0.2) is 0 Å². The van der Waals surface area contributed by atoms with Crippen LogP contribution < -0.4 is 5.32 Å². The molecule has 0 saturated heterocycles. The van der Waals surface area contributed by atoms with E-state index in [2.05, 4.69) is 45.4 Å². The number of hydrogen-bond donors (Lipinski definition) is 1. The Kier molecular flexibility index (Phi) is 4.38. The van der Waals surface area contributed by atoms with Crippen LogP contribution in [0.15, 0.2) is 59.1 Å². The Hall–Kier alpha value is -2.44. The normalized spacial score (nSPS) is 11.0. The third-order valence-corrected chi connectivity index (χ3v) is 5.73. The molecule has 6 heteroatoms. The number of nitrogens with one attached hydrogen (secondary N) is 1. The molecule has 0 unspecified atom stereocenters. The fraction of sp³-hybridized carbons (Fsp3) is 0.100. The van der Waals surface area contributed by atoms with Gasteiger partial charge < -0.3 is 5.32 Å². The number of anilines is 1. The van der Waals surface area contributed by atoms with Gasteiger partial charge in [0.05, 0.1) is 16.3 Å². The Morgan fingerprint density at radius 2 is 1.88 bits per heavy atom. The minimum Gasteiger partial charge on any atom is -0.321 e. The van der Waals surface area contributed by atoms with Gasteiger partial charge in [-0.1, -0.05) is 39.7 Å². The summed E-state index contributed by atoms with van der Waals surface area (Å²) in [5, 5.41) is 8.59. The summed E-state index contributed by atoms with van der Waals surface area (Å²) in [4.78, 5) is 14.3. The number of carbonyl (C=O) groups excluding carboxylic acids is 1. The van der Waals surface area contributed by atoms with Gasteiger partial charge in [0, 0.05) is 15.5 Å². The highest BCUT2D eigenvalue weighted by molar-refractivity contribution is 9.10. The molecular weight excluding hydrogens is 410 g/mol. The first-order valence-electron chi connectivity index (χ1n) is 8.14. The molecule has 26 heavy (non-hydrogen) atoms. The van der Waals surface area contributed by atoms with E-state index in [0.717, 1.165) is 31.8 Å². The summed E-state index contributed by atoms with van der Waals surface area (Å²) in [5.74, 6) is -0.112. The largest absolute Gasteiger partial charge is 0.321 e. The van der Waals surface area contributed by atoms with E-state index in [4.69, 9.17) is 0 Å². The molecule has 0 radical (unpaired) electrons. The quantitative estimate of drug-likeness (QED) is 0.456. The Morgan fingerprint density at radius 1 is 1.12 bits per heavy atom. The lowest BCUT2D eigenvalue weighted by molar-refractivity contribution is 0.103. The third-order valence-electron chi connectivity index (χ3n) is 4.13. The maximum atomic E-state index is 12.7. The van der Waals surface area contributed by atoms with Gasteiger partial charge in [0.1, 0.15) is 4.83 Å². The van der Waals surface area contributed by atoms with E-state index in [9.17, 15) is 4.79 Å². The monoisotopic (exact) mass is 425 g/mol. The van der Waals surface area contributed by atoms with Crippen LogP contribution in [0.5, 0.6) is 0 Å². The molecule has 2 aromatic carbocycles. The average molecular weight is 426 g/mol. The number of carbonyl (C=O) groups is 1. The van der Waals surface area contributed by atoms with Crippen molar-refractivity contribution in [2.24, 2.45) is 0 Å². The van der Waals surface area contributed by atoms with Crippen molar-refractivity contribution in [3.63, 3.8) is 0 Å². The summed E-state index contributed by atoms with van der Waals surface area (Å²) in [6.07, 6.45) is 0. The predicted octanol–water partition coefficient (Wildman–Crippen LogP) is 5.72. The lowest BCUT2D eigenvalue weighted by atomic mass is 10.2. The van der Waals surface area contributed by atoms with E-state index < -0.39 is 0 Å². The lowest BCUT2D eigenvalue weighted by Gasteiger charge is -2.04. The zero-order valence-electron chi connectivity index (χ0n) is 14.3. The standard InChI is InChI=1S/C20H16BrN3OS/c1-12-6-8-16(9-7-12)24-20-17(13(2)23-24)11-18(26-20)19(25)22-15-5-3-4-14(21)10-15/h3-11H,1-2H3,(H,22,25). The van der Waals surface area contributed by atoms with E-state index in [1.807, 2.05) is 54.1 Å². The Labute approximate surface area is 163 Å². The summed E-state index contributed by atoms with van der Waals surface area (Å²) in [5.41, 5.74) is 3.88. The van der Waals surface area contributed by atoms with Gasteiger partial charge in [-0.05, 0) is 50.2 Å². The second kappa shape index (κ2) is 6.70. The maximum absolute atomic E-state index is 12.7. The van der Waals surface area contributed by atoms with Gasteiger partial charge in [-0.25, -0.2) is 4.68 Å². The third kappa shape index (κ3) is 3.18. The van der Waals surface area contributed by atoms with Crippen LogP contribution in [0.25, 0.3) is 15.9 Å². The molecule has 0 fully saturated rings. The van der Waals surface area contributed by atoms with Crippen LogP contribution in [0.1, 0.15) is 20.9 Å². The predicted molar refractivity (Wildman–Crippen MR) is 111 cm³/mol. The summed E-state index contributed by atoms with van der Waals surface area (Å²) in [6, 6.07) is 17.7. The topological polar surface area (TPSA) is 46.9 Å². The van der Waals surface area contributed by atoms with Gasteiger partial charge in [-0.3, -0.25) is 4.79 Å². The molecule has 2 aromatic heterocycles. The van der Waals surface area contributed by atoms with Crippen LogP contribution in [-0.2, 0) is 0 Å². The van der Waals surface area contributed by atoms with E-state index in [1.165, 1.54) is 16.9 Å². The number of amides is 1. The summed E-state index contributed by atoms with van der Waals surface area (Å²) >= 11 is 4.87. The summed E-state index contributed by atoms with van der Waals surface area (Å²) in [7, 11) is 0. The van der Waals surface area contributed by atoms with Gasteiger partial charge >= 0.3 is 0 Å². The first-order chi connectivity index (χ1) is 12.5. The molecule has 4 rings (SSSR count). The second-order valence-corrected chi connectivity index (χ2v) is 8.07. The first kappa shape index (κ1) is 17.0. The number of nitrogens with zero attached hydrogens (tertiary/aromatic N) is 2. The van der Waals surface area contributed by atoms with Crippen molar-refractivity contribution in [2.45, 2.75) is 13.8 Å². The zero-order valence-corrected chi connectivity index (χ0v) is 16.7. The van der Waals surface area contributed by atoms with E-state index in [-0.39, 0.29) is 5.91 Å². The number of fused-ring (bicyclic) bond motifs is 1. The van der Waals surface area contributed by atoms with Crippen molar-refractivity contribution in [1.82, 2.24) is 9.78 Å². The first-order valence-corrected chi connectivity index (χ1v) is 9.75. The molecule has 130 valence electrons. The number of halogens is 1. The van der Waals surface area contributed by atoms with Crippen LogP contribution in [0.4, 0.5) is 5.69 Å². The lowest BCUT2D eigenvalue weighted by Crippen LogP contribution is -2.10. The second-order valence-electron chi connectivity index (χ2n) is 6.13. The van der Waals surface area contributed by atoms with Crippen LogP contribution in [0.3, 0.4) is 0 Å². The Balaban J connectivity index is 1.70. The van der Waals surface area contributed by atoms with E-state index in [1.54, 1.807) is 0 Å². The van der Waals surface area contributed by atoms with Gasteiger partial charge in [-0.15, -0.1) is 11.3 Å². The summed E-state index contributed by atoms with van der Waals surface area (Å²) < 4.78 is 2.84. The van der Waals surface area contributed by atoms with Gasteiger partial charge in [-0.2, -0.15) is 5.10 Å². The number of hydrogen-bond acceptors (Lipinski definition) is 3. The molecule has 2 heterocycles. The molecule has 4 aromatic rings. The van der Waals surface area contributed by atoms with Crippen LogP contribution >= 0.6 is 27.3 Å². The van der Waals surface area contributed by atoms with Crippen LogP contribution in [0.2, 0.25) is 0 Å². The molecule has 0 aliphatic carbocycles. The van der Waals surface area contributed by atoms with Gasteiger partial charge in [0.25, 0.3) is 5.91 Å². The van der Waals surface area contributed by atoms with E-state index in [0.29, 0.717) is 4.88 Å². The molecule has 0 bridgehead atoms. The van der Waals surface area contributed by atoms with Crippen LogP contribution in [-0.4, -0.2) is 15.7 Å². The SMILES string of the molecule is Cc1ccc(-n2nc(C)c3cc(C(=O)Nc4cccc(Br)c4)sc32)cc1. The molecule has 0 saturated carbocycles. The molecule has 1 N–H and O–H groups in total. The molecular formula is C20H16BrN3OS. The highest BCUT2D eigenvalue weighted by Gasteiger charge is 2.17. The minimum absolute atomic E-state index is 0.112. The molecule has 0 aliphatic rings. The van der Waals surface area contributed by atoms with Crippen molar-refractivity contribution >= 4 is 49.1 Å². The molecule has 0 spiro atoms. The number of aromatic nitrogens is 2. The van der Waals surface area contributed by atoms with Crippen molar-refractivity contribution in [3.8, 4) is 5.69 Å². The smallest absolute Gasteiger partial charge is 0.265 e. The molecule has 4 nitrogen and oxygen atoms in total. The Morgan fingerprint density at radius 3 is 2.62 bits per heavy atom. The van der Waals surface area contributed by atoms with E-state index >= 15 is 0 Å². The van der Waals surface area contributed by atoms with Crippen molar-refractivity contribution in [3.05, 3.63) is 75.2 Å². The van der Waals surface area contributed by atoms with Crippen LogP contribution in [0, 0.1) is 13.8 Å². The fourth-order valence-electron chi connectivity index (χ4n) is 2.78. The number of aryl methyl sites for hydroxylation is 2. The zero-order chi connectivity index (χ0) is 18.3. The Bertz CT molecular complexity index is 1110. The molecule has 0 aliphatic heterocycles. The number of benzene rings is 2. The average Bonchev–Trinajstić information content (AvgIpc) is 3.17. The van der Waals surface area contributed by atoms with Crippen molar-refractivity contribution in [1.29, 1.82) is 0 Å². The molecule has 0 atom stereocenters. The number of rotatable bonds is 3. The number of thiophene rings is 1. The maximum Gasteiger partial charge on any atom is 0.265 e. The summed E-state index contributed by atoms with van der Waals surface area (Å²) in [6.45, 7) is 4.03. The van der Waals surface area contributed by atoms with Crippen molar-refractivity contribution < 1.29 is 4.79 Å². The highest BCUT2D eigenvalue weighted by atomic mass is 79.9. The van der Waals surface area contributed by atoms with Crippen molar-refractivity contribution in [2.75, 3.05) is 5.32 Å². The minimum atomic E-state index is -0.112.